The third-order valence-electron chi connectivity index (χ3n) is 7.48. The average Bonchev–Trinajstić information content (AvgIpc) is 3.57. The molecule has 1 saturated heterocycles. The summed E-state index contributed by atoms with van der Waals surface area (Å²) in [4.78, 5) is 41.0. The van der Waals surface area contributed by atoms with Crippen molar-refractivity contribution >= 4 is 39.1 Å². The van der Waals surface area contributed by atoms with E-state index < -0.39 is 11.6 Å². The molecule has 7 nitrogen and oxygen atoms in total. The minimum Gasteiger partial charge on any atom is -0.351 e. The van der Waals surface area contributed by atoms with Crippen LogP contribution in [0.15, 0.2) is 60.7 Å². The molecule has 1 aliphatic carbocycles. The molecule has 0 radical (unpaired) electrons. The van der Waals surface area contributed by atoms with Gasteiger partial charge in [-0.25, -0.2) is 0 Å². The van der Waals surface area contributed by atoms with E-state index in [0.717, 1.165) is 54.4 Å². The highest BCUT2D eigenvalue weighted by Crippen LogP contribution is 2.32. The molecule has 0 bridgehead atoms. The predicted octanol–water partition coefficient (Wildman–Crippen LogP) is 3.54. The molecule has 2 heterocycles. The van der Waals surface area contributed by atoms with Gasteiger partial charge in [0.1, 0.15) is 11.6 Å². The first-order valence-electron chi connectivity index (χ1n) is 13.2. The maximum atomic E-state index is 13.8. The highest BCUT2D eigenvalue weighted by molar-refractivity contribution is 7.20. The van der Waals surface area contributed by atoms with E-state index in [-0.39, 0.29) is 23.8 Å². The van der Waals surface area contributed by atoms with Crippen LogP contribution in [0.5, 0.6) is 0 Å². The molecule has 2 aliphatic rings. The first-order valence-corrected chi connectivity index (χ1v) is 14.0. The molecule has 3 aromatic rings. The lowest BCUT2D eigenvalue weighted by Crippen LogP contribution is -2.61. The molecule has 1 saturated carbocycles. The SMILES string of the molecule is O=C(NC1(C(=O)N[C@H](Cc2ccccc2)C(=O)NC2CCNCC2)CCCC1)c1cc2ccccc2s1. The van der Waals surface area contributed by atoms with E-state index in [1.807, 2.05) is 60.7 Å². The van der Waals surface area contributed by atoms with Crippen LogP contribution in [0.4, 0.5) is 0 Å². The first kappa shape index (κ1) is 25.4. The Kier molecular flexibility index (Phi) is 7.86. The number of rotatable bonds is 8. The Balaban J connectivity index is 1.33. The minimum atomic E-state index is -1.02. The fraction of sp³-hybridized carbons (Fsp3) is 0.414. The van der Waals surface area contributed by atoms with Gasteiger partial charge in [-0.3, -0.25) is 14.4 Å². The number of thiophene rings is 1. The number of carbonyl (C=O) groups is 3. The van der Waals surface area contributed by atoms with Crippen LogP contribution in [0.2, 0.25) is 0 Å². The fourth-order valence-corrected chi connectivity index (χ4v) is 6.34. The van der Waals surface area contributed by atoms with E-state index in [1.54, 1.807) is 0 Å². The van der Waals surface area contributed by atoms with Crippen molar-refractivity contribution in [3.8, 4) is 0 Å². The summed E-state index contributed by atoms with van der Waals surface area (Å²) in [6.45, 7) is 1.74. The van der Waals surface area contributed by atoms with Crippen molar-refractivity contribution < 1.29 is 14.4 Å². The molecule has 3 amide bonds. The molecule has 1 atom stereocenters. The van der Waals surface area contributed by atoms with Crippen molar-refractivity contribution in [1.82, 2.24) is 21.3 Å². The topological polar surface area (TPSA) is 99.3 Å². The number of benzene rings is 2. The van der Waals surface area contributed by atoms with Crippen LogP contribution in [0.1, 0.15) is 53.8 Å². The first-order chi connectivity index (χ1) is 18.0. The van der Waals surface area contributed by atoms with Gasteiger partial charge in [-0.2, -0.15) is 0 Å². The summed E-state index contributed by atoms with van der Waals surface area (Å²) >= 11 is 1.43. The van der Waals surface area contributed by atoms with Gasteiger partial charge in [0.25, 0.3) is 5.91 Å². The lowest BCUT2D eigenvalue weighted by molar-refractivity contribution is -0.132. The largest absolute Gasteiger partial charge is 0.351 e. The second kappa shape index (κ2) is 11.4. The van der Waals surface area contributed by atoms with Crippen molar-refractivity contribution in [1.29, 1.82) is 0 Å². The Hall–Kier alpha value is -3.23. The molecule has 1 aliphatic heterocycles. The second-order valence-electron chi connectivity index (χ2n) is 10.1. The van der Waals surface area contributed by atoms with Crippen LogP contribution in [0.3, 0.4) is 0 Å². The van der Waals surface area contributed by atoms with Crippen molar-refractivity contribution in [3.63, 3.8) is 0 Å². The molecule has 0 unspecified atom stereocenters. The summed E-state index contributed by atoms with van der Waals surface area (Å²) in [6.07, 6.45) is 4.95. The molecule has 194 valence electrons. The molecule has 5 rings (SSSR count). The Labute approximate surface area is 221 Å². The third kappa shape index (κ3) is 6.02. The van der Waals surface area contributed by atoms with Gasteiger partial charge in [0, 0.05) is 17.2 Å². The van der Waals surface area contributed by atoms with Crippen LogP contribution in [0.25, 0.3) is 10.1 Å². The minimum absolute atomic E-state index is 0.0945. The molecule has 2 fully saturated rings. The fourth-order valence-electron chi connectivity index (χ4n) is 5.38. The zero-order chi connectivity index (χ0) is 25.7. The van der Waals surface area contributed by atoms with Crippen LogP contribution in [-0.2, 0) is 16.0 Å². The number of nitrogens with one attached hydrogen (secondary N) is 4. The summed E-state index contributed by atoms with van der Waals surface area (Å²) in [6, 6.07) is 18.9. The van der Waals surface area contributed by atoms with Gasteiger partial charge in [-0.05, 0) is 61.9 Å². The van der Waals surface area contributed by atoms with Crippen molar-refractivity contribution in [2.45, 2.75) is 62.6 Å². The van der Waals surface area contributed by atoms with E-state index in [9.17, 15) is 14.4 Å². The van der Waals surface area contributed by atoms with Gasteiger partial charge in [0.2, 0.25) is 11.8 Å². The van der Waals surface area contributed by atoms with Gasteiger partial charge in [0.15, 0.2) is 0 Å². The monoisotopic (exact) mass is 518 g/mol. The normalized spacial score (nSPS) is 18.3. The van der Waals surface area contributed by atoms with Crippen molar-refractivity contribution in [2.24, 2.45) is 0 Å². The van der Waals surface area contributed by atoms with Gasteiger partial charge < -0.3 is 21.3 Å². The highest BCUT2D eigenvalue weighted by Gasteiger charge is 2.44. The van der Waals surface area contributed by atoms with Gasteiger partial charge in [-0.1, -0.05) is 61.4 Å². The molecule has 8 heteroatoms. The van der Waals surface area contributed by atoms with Crippen LogP contribution >= 0.6 is 11.3 Å². The highest BCUT2D eigenvalue weighted by atomic mass is 32.1. The molecule has 2 aromatic carbocycles. The standard InChI is InChI=1S/C29H34N4O3S/c34-26(31-22-12-16-30-17-13-22)23(18-20-8-2-1-3-9-20)32-28(36)29(14-6-7-15-29)33-27(35)25-19-21-10-4-5-11-24(21)37-25/h1-5,8-11,19,22-23,30H,6-7,12-18H2,(H,31,34)(H,32,36)(H,33,35)/t23-/m1/s1. The average molecular weight is 519 g/mol. The van der Waals surface area contributed by atoms with Gasteiger partial charge in [-0.15, -0.1) is 11.3 Å². The molecule has 37 heavy (non-hydrogen) atoms. The van der Waals surface area contributed by atoms with E-state index in [2.05, 4.69) is 21.3 Å². The Morgan fingerprint density at radius 3 is 2.41 bits per heavy atom. The van der Waals surface area contributed by atoms with Crippen molar-refractivity contribution in [3.05, 3.63) is 71.1 Å². The van der Waals surface area contributed by atoms with E-state index in [4.69, 9.17) is 0 Å². The molecule has 1 aromatic heterocycles. The summed E-state index contributed by atoms with van der Waals surface area (Å²) in [5.74, 6) is -0.689. The summed E-state index contributed by atoms with van der Waals surface area (Å²) < 4.78 is 1.04. The van der Waals surface area contributed by atoms with E-state index >= 15 is 0 Å². The number of carbonyl (C=O) groups excluding carboxylic acids is 3. The summed E-state index contributed by atoms with van der Waals surface area (Å²) in [5, 5.41) is 13.6. The van der Waals surface area contributed by atoms with Gasteiger partial charge in [0.05, 0.1) is 4.88 Å². The molecule has 0 spiro atoms. The maximum absolute atomic E-state index is 13.8. The smallest absolute Gasteiger partial charge is 0.262 e. The Morgan fingerprint density at radius 1 is 0.973 bits per heavy atom. The van der Waals surface area contributed by atoms with Crippen LogP contribution in [-0.4, -0.2) is 48.4 Å². The summed E-state index contributed by atoms with van der Waals surface area (Å²) in [5.41, 5.74) is -0.0416. The zero-order valence-electron chi connectivity index (χ0n) is 20.9. The van der Waals surface area contributed by atoms with Crippen LogP contribution in [0, 0.1) is 0 Å². The molecular weight excluding hydrogens is 484 g/mol. The van der Waals surface area contributed by atoms with E-state index in [1.165, 1.54) is 11.3 Å². The lowest BCUT2D eigenvalue weighted by Gasteiger charge is -2.32. The molecule has 4 N–H and O–H groups in total. The number of fused-ring (bicyclic) bond motifs is 1. The number of hydrogen-bond donors (Lipinski definition) is 4. The number of amides is 3. The second-order valence-corrected chi connectivity index (χ2v) is 11.2. The predicted molar refractivity (Wildman–Crippen MR) is 147 cm³/mol. The number of hydrogen-bond acceptors (Lipinski definition) is 5. The summed E-state index contributed by atoms with van der Waals surface area (Å²) in [7, 11) is 0. The number of piperidine rings is 1. The van der Waals surface area contributed by atoms with Gasteiger partial charge >= 0.3 is 0 Å². The Bertz CT molecular complexity index is 1210. The Morgan fingerprint density at radius 2 is 1.68 bits per heavy atom. The third-order valence-corrected chi connectivity index (χ3v) is 8.60. The van der Waals surface area contributed by atoms with Crippen molar-refractivity contribution in [2.75, 3.05) is 13.1 Å². The maximum Gasteiger partial charge on any atom is 0.262 e. The van der Waals surface area contributed by atoms with Crippen LogP contribution < -0.4 is 21.3 Å². The molecular formula is C29H34N4O3S. The quantitative estimate of drug-likeness (QED) is 0.367. The lowest BCUT2D eigenvalue weighted by atomic mass is 9.94. The zero-order valence-corrected chi connectivity index (χ0v) is 21.7. The van der Waals surface area contributed by atoms with E-state index in [0.29, 0.717) is 24.1 Å².